The molecule has 0 aliphatic heterocycles. The number of aryl methyl sites for hydroxylation is 1. The van der Waals surface area contributed by atoms with Crippen LogP contribution < -0.4 is 10.6 Å². The fraction of sp³-hybridized carbons (Fsp3) is 0.667. The van der Waals surface area contributed by atoms with Crippen LogP contribution in [0.4, 0.5) is 11.5 Å². The molecule has 0 aliphatic rings. The van der Waals surface area contributed by atoms with E-state index in [0.29, 0.717) is 12.0 Å². The molecule has 0 spiro atoms. The molecular weight excluding hydrogens is 222 g/mol. The van der Waals surface area contributed by atoms with Gasteiger partial charge in [0, 0.05) is 18.8 Å². The number of rotatable bonds is 6. The molecule has 1 rings (SSSR count). The molecule has 0 atom stereocenters. The molecular formula is C15H27N3. The minimum absolute atomic E-state index is 0.518. The van der Waals surface area contributed by atoms with Gasteiger partial charge >= 0.3 is 0 Å². The van der Waals surface area contributed by atoms with Crippen molar-refractivity contribution < 1.29 is 0 Å². The first-order valence-electron chi connectivity index (χ1n) is 6.98. The van der Waals surface area contributed by atoms with E-state index in [1.54, 1.807) is 0 Å². The van der Waals surface area contributed by atoms with Gasteiger partial charge in [-0.1, -0.05) is 27.7 Å². The molecule has 1 heterocycles. The fourth-order valence-corrected chi connectivity index (χ4v) is 2.32. The van der Waals surface area contributed by atoms with Gasteiger partial charge < -0.3 is 10.6 Å². The zero-order chi connectivity index (χ0) is 13.7. The highest BCUT2D eigenvalue weighted by molar-refractivity contribution is 5.66. The number of anilines is 2. The molecule has 0 fully saturated rings. The van der Waals surface area contributed by atoms with Gasteiger partial charge in [-0.15, -0.1) is 0 Å². The Kier molecular flexibility index (Phi) is 5.45. The van der Waals surface area contributed by atoms with Crippen molar-refractivity contribution in [1.82, 2.24) is 4.98 Å². The largest absolute Gasteiger partial charge is 0.396 e. The molecule has 0 amide bonds. The number of hydrogen-bond donors (Lipinski definition) is 1. The Bertz CT molecular complexity index is 370. The third-order valence-corrected chi connectivity index (χ3v) is 3.40. The molecule has 0 aliphatic carbocycles. The Balaban J connectivity index is 3.12. The molecule has 0 saturated heterocycles. The maximum absolute atomic E-state index is 6.20. The van der Waals surface area contributed by atoms with Crippen molar-refractivity contribution in [3.8, 4) is 0 Å². The van der Waals surface area contributed by atoms with Crippen molar-refractivity contribution in [1.29, 1.82) is 0 Å². The second-order valence-electron chi connectivity index (χ2n) is 5.38. The van der Waals surface area contributed by atoms with Gasteiger partial charge in [0.25, 0.3) is 0 Å². The molecule has 0 aromatic carbocycles. The second-order valence-corrected chi connectivity index (χ2v) is 5.38. The van der Waals surface area contributed by atoms with Gasteiger partial charge in [0.1, 0.15) is 0 Å². The highest BCUT2D eigenvalue weighted by atomic mass is 15.2. The summed E-state index contributed by atoms with van der Waals surface area (Å²) in [5, 5.41) is 0. The molecule has 102 valence electrons. The van der Waals surface area contributed by atoms with Crippen LogP contribution >= 0.6 is 0 Å². The molecule has 1 aromatic heterocycles. The molecule has 0 saturated carbocycles. The molecule has 0 unspecified atom stereocenters. The van der Waals surface area contributed by atoms with Gasteiger partial charge in [0.05, 0.1) is 5.69 Å². The first-order chi connectivity index (χ1) is 8.51. The average Bonchev–Trinajstić information content (AvgIpc) is 2.32. The number of hydrogen-bond acceptors (Lipinski definition) is 3. The van der Waals surface area contributed by atoms with Crippen LogP contribution in [0.2, 0.25) is 0 Å². The van der Waals surface area contributed by atoms with E-state index in [1.807, 2.05) is 19.2 Å². The summed E-state index contributed by atoms with van der Waals surface area (Å²) in [6, 6.07) is 2.49. The standard InChI is InChI=1S/C15H27N3/c1-6-13(7-2)18(10-11(3)4)15-14(16)12(5)8-9-17-15/h8-9,11,13H,6-7,10,16H2,1-5H3. The van der Waals surface area contributed by atoms with E-state index in [0.717, 1.165) is 36.5 Å². The Labute approximate surface area is 111 Å². The van der Waals surface area contributed by atoms with Gasteiger partial charge in [0.2, 0.25) is 0 Å². The van der Waals surface area contributed by atoms with Crippen LogP contribution in [-0.4, -0.2) is 17.6 Å². The van der Waals surface area contributed by atoms with Crippen molar-refractivity contribution in [2.24, 2.45) is 5.92 Å². The van der Waals surface area contributed by atoms with E-state index < -0.39 is 0 Å². The third kappa shape index (κ3) is 3.37. The summed E-state index contributed by atoms with van der Waals surface area (Å²) in [4.78, 5) is 6.89. The zero-order valence-electron chi connectivity index (χ0n) is 12.4. The Hall–Kier alpha value is -1.25. The van der Waals surface area contributed by atoms with E-state index in [2.05, 4.69) is 37.6 Å². The summed E-state index contributed by atoms with van der Waals surface area (Å²) in [6.45, 7) is 12.0. The molecule has 2 N–H and O–H groups in total. The van der Waals surface area contributed by atoms with E-state index >= 15 is 0 Å². The van der Waals surface area contributed by atoms with E-state index in [4.69, 9.17) is 5.73 Å². The van der Waals surface area contributed by atoms with Crippen molar-refractivity contribution in [2.45, 2.75) is 53.5 Å². The van der Waals surface area contributed by atoms with E-state index in [1.165, 1.54) is 0 Å². The summed E-state index contributed by atoms with van der Waals surface area (Å²) in [5.74, 6) is 1.56. The van der Waals surface area contributed by atoms with Gasteiger partial charge in [-0.3, -0.25) is 0 Å². The number of aromatic nitrogens is 1. The lowest BCUT2D eigenvalue weighted by molar-refractivity contribution is 0.504. The normalized spacial score (nSPS) is 11.3. The summed E-state index contributed by atoms with van der Waals surface area (Å²) >= 11 is 0. The Morgan fingerprint density at radius 2 is 1.89 bits per heavy atom. The first kappa shape index (κ1) is 14.8. The lowest BCUT2D eigenvalue weighted by atomic mass is 10.1. The Morgan fingerprint density at radius 1 is 1.28 bits per heavy atom. The molecule has 1 aromatic rings. The predicted octanol–water partition coefficient (Wildman–Crippen LogP) is 3.62. The number of nitrogens with two attached hydrogens (primary N) is 1. The van der Waals surface area contributed by atoms with Crippen LogP contribution in [0.1, 0.15) is 46.1 Å². The molecule has 3 nitrogen and oxygen atoms in total. The van der Waals surface area contributed by atoms with Gasteiger partial charge in [0.15, 0.2) is 5.82 Å². The minimum atomic E-state index is 0.518. The first-order valence-corrected chi connectivity index (χ1v) is 6.98. The third-order valence-electron chi connectivity index (χ3n) is 3.40. The summed E-state index contributed by atoms with van der Waals surface area (Å²) in [5.41, 5.74) is 8.14. The van der Waals surface area contributed by atoms with Crippen molar-refractivity contribution >= 4 is 11.5 Å². The monoisotopic (exact) mass is 249 g/mol. The summed E-state index contributed by atoms with van der Waals surface area (Å²) < 4.78 is 0. The van der Waals surface area contributed by atoms with Crippen LogP contribution in [0.3, 0.4) is 0 Å². The maximum atomic E-state index is 6.20. The zero-order valence-corrected chi connectivity index (χ0v) is 12.4. The van der Waals surface area contributed by atoms with Crippen molar-refractivity contribution in [3.63, 3.8) is 0 Å². The Morgan fingerprint density at radius 3 is 2.39 bits per heavy atom. The topological polar surface area (TPSA) is 42.2 Å². The van der Waals surface area contributed by atoms with Crippen LogP contribution in [-0.2, 0) is 0 Å². The highest BCUT2D eigenvalue weighted by Gasteiger charge is 2.20. The molecule has 3 heteroatoms. The molecule has 18 heavy (non-hydrogen) atoms. The van der Waals surface area contributed by atoms with E-state index in [-0.39, 0.29) is 0 Å². The summed E-state index contributed by atoms with van der Waals surface area (Å²) in [7, 11) is 0. The average molecular weight is 249 g/mol. The lowest BCUT2D eigenvalue weighted by Gasteiger charge is -2.34. The van der Waals surface area contributed by atoms with Crippen LogP contribution in [0.5, 0.6) is 0 Å². The van der Waals surface area contributed by atoms with Gasteiger partial charge in [-0.25, -0.2) is 4.98 Å². The minimum Gasteiger partial charge on any atom is -0.396 e. The maximum Gasteiger partial charge on any atom is 0.152 e. The van der Waals surface area contributed by atoms with Crippen molar-refractivity contribution in [2.75, 3.05) is 17.2 Å². The van der Waals surface area contributed by atoms with Gasteiger partial charge in [-0.2, -0.15) is 0 Å². The van der Waals surface area contributed by atoms with Crippen molar-refractivity contribution in [3.05, 3.63) is 17.8 Å². The quantitative estimate of drug-likeness (QED) is 0.837. The number of nitrogens with zero attached hydrogens (tertiary/aromatic N) is 2. The van der Waals surface area contributed by atoms with Crippen LogP contribution in [0, 0.1) is 12.8 Å². The van der Waals surface area contributed by atoms with E-state index in [9.17, 15) is 0 Å². The highest BCUT2D eigenvalue weighted by Crippen LogP contribution is 2.27. The smallest absolute Gasteiger partial charge is 0.152 e. The number of pyridine rings is 1. The fourth-order valence-electron chi connectivity index (χ4n) is 2.32. The molecule has 0 bridgehead atoms. The molecule has 0 radical (unpaired) electrons. The second kappa shape index (κ2) is 6.62. The SMILES string of the molecule is CCC(CC)N(CC(C)C)c1nccc(C)c1N. The predicted molar refractivity (Wildman–Crippen MR) is 79.9 cm³/mol. The number of nitrogen functional groups attached to an aromatic ring is 1. The van der Waals surface area contributed by atoms with Crippen LogP contribution in [0.25, 0.3) is 0 Å². The van der Waals surface area contributed by atoms with Crippen LogP contribution in [0.15, 0.2) is 12.3 Å². The summed E-state index contributed by atoms with van der Waals surface area (Å²) in [6.07, 6.45) is 4.10. The van der Waals surface area contributed by atoms with Gasteiger partial charge in [-0.05, 0) is 37.3 Å². The lowest BCUT2D eigenvalue weighted by Crippen LogP contribution is -2.38.